The second-order valence-corrected chi connectivity index (χ2v) is 9.53. The monoisotopic (exact) mass is 466 g/mol. The van der Waals surface area contributed by atoms with Crippen LogP contribution in [0.15, 0.2) is 60.0 Å². The molecule has 1 saturated carbocycles. The zero-order valence-electron chi connectivity index (χ0n) is 20.8. The summed E-state index contributed by atoms with van der Waals surface area (Å²) in [5.74, 6) is 1.17. The number of fused-ring (bicyclic) bond motifs is 3. The Morgan fingerprint density at radius 1 is 0.941 bits per heavy atom. The van der Waals surface area contributed by atoms with Crippen LogP contribution in [0.1, 0.15) is 63.5 Å². The van der Waals surface area contributed by atoms with E-state index in [4.69, 9.17) is 14.6 Å². The molecule has 0 bridgehead atoms. The number of hydrogen-bond acceptors (Lipinski definition) is 5. The molecule has 2 aromatic carbocycles. The molecule has 0 spiro atoms. The van der Waals surface area contributed by atoms with Crippen molar-refractivity contribution in [1.82, 2.24) is 10.6 Å². The Morgan fingerprint density at radius 2 is 1.50 bits per heavy atom. The van der Waals surface area contributed by atoms with Crippen molar-refractivity contribution >= 4 is 6.09 Å². The molecule has 34 heavy (non-hydrogen) atoms. The molecule has 2 aliphatic carbocycles. The largest absolute Gasteiger partial charge is 0.478 e. The highest BCUT2D eigenvalue weighted by molar-refractivity contribution is 5.78. The molecule has 0 aliphatic heterocycles. The summed E-state index contributed by atoms with van der Waals surface area (Å²) in [6.07, 6.45) is 3.84. The fourth-order valence-electron chi connectivity index (χ4n) is 4.26. The molecule has 0 atom stereocenters. The van der Waals surface area contributed by atoms with Crippen LogP contribution in [0, 0.1) is 0 Å². The minimum absolute atomic E-state index is 0.244. The lowest BCUT2D eigenvalue weighted by Crippen LogP contribution is -2.34. The summed E-state index contributed by atoms with van der Waals surface area (Å²) in [6.45, 7) is 7.52. The zero-order valence-corrected chi connectivity index (χ0v) is 20.8. The van der Waals surface area contributed by atoms with Gasteiger partial charge in [0.25, 0.3) is 0 Å². The first-order chi connectivity index (χ1) is 16.4. The molecule has 1 fully saturated rings. The van der Waals surface area contributed by atoms with E-state index in [1.807, 2.05) is 20.8 Å². The van der Waals surface area contributed by atoms with E-state index in [1.165, 1.54) is 34.2 Å². The van der Waals surface area contributed by atoms with Crippen LogP contribution in [0.2, 0.25) is 0 Å². The van der Waals surface area contributed by atoms with Crippen LogP contribution in [0.25, 0.3) is 11.1 Å². The summed E-state index contributed by atoms with van der Waals surface area (Å²) < 4.78 is 11.7. The van der Waals surface area contributed by atoms with Gasteiger partial charge in [0, 0.05) is 26.1 Å². The Labute approximate surface area is 203 Å². The topological polar surface area (TPSA) is 79.8 Å². The van der Waals surface area contributed by atoms with Gasteiger partial charge in [-0.3, -0.25) is 0 Å². The number of amides is 1. The summed E-state index contributed by atoms with van der Waals surface area (Å²) >= 11 is 0. The zero-order chi connectivity index (χ0) is 24.6. The van der Waals surface area contributed by atoms with E-state index in [2.05, 4.69) is 59.2 Å². The number of aliphatic hydroxyl groups excluding tert-OH is 1. The van der Waals surface area contributed by atoms with Crippen molar-refractivity contribution < 1.29 is 19.4 Å². The number of carbonyl (C=O) groups is 1. The van der Waals surface area contributed by atoms with Crippen molar-refractivity contribution in [2.75, 3.05) is 26.8 Å². The summed E-state index contributed by atoms with van der Waals surface area (Å²) in [5.41, 5.74) is 6.20. The highest BCUT2D eigenvalue weighted by atomic mass is 16.6. The lowest BCUT2D eigenvalue weighted by atomic mass is 9.92. The van der Waals surface area contributed by atoms with Crippen molar-refractivity contribution in [3.05, 3.63) is 71.1 Å². The van der Waals surface area contributed by atoms with E-state index in [-0.39, 0.29) is 12.0 Å². The van der Waals surface area contributed by atoms with Crippen molar-refractivity contribution in [3.63, 3.8) is 0 Å². The van der Waals surface area contributed by atoms with E-state index in [9.17, 15) is 4.79 Å². The standard InChI is InChI=1S/C27H34N2O3.CH4O/c1-27(2,3)32-26(30)29-17-9-16-28-25(19-10-8-11-19)31-18-24-22-14-6-4-12-20(22)21-13-5-7-15-23(21)24;1-2/h4-7,12-15,24,28H,8-11,16-18H2,1-3H3,(H,29,30);2H,1H3. The van der Waals surface area contributed by atoms with Crippen LogP contribution in [0.4, 0.5) is 4.79 Å². The maximum absolute atomic E-state index is 11.8. The Balaban J connectivity index is 0.00000158. The third kappa shape index (κ3) is 6.54. The molecule has 0 aromatic heterocycles. The molecule has 0 heterocycles. The number of alkyl carbamates (subject to hydrolysis) is 1. The molecule has 6 nitrogen and oxygen atoms in total. The number of ether oxygens (including phenoxy) is 2. The molecule has 4 rings (SSSR count). The second-order valence-electron chi connectivity index (χ2n) is 9.53. The van der Waals surface area contributed by atoms with Crippen molar-refractivity contribution in [2.24, 2.45) is 0 Å². The van der Waals surface area contributed by atoms with Crippen LogP contribution in [-0.4, -0.2) is 43.6 Å². The van der Waals surface area contributed by atoms with Crippen molar-refractivity contribution in [2.45, 2.75) is 58.0 Å². The maximum Gasteiger partial charge on any atom is 0.407 e. The van der Waals surface area contributed by atoms with Gasteiger partial charge in [-0.25, -0.2) is 4.79 Å². The van der Waals surface area contributed by atoms with Crippen LogP contribution < -0.4 is 10.6 Å². The minimum atomic E-state index is -0.477. The lowest BCUT2D eigenvalue weighted by Gasteiger charge is -2.25. The first-order valence-electron chi connectivity index (χ1n) is 12.1. The molecule has 3 N–H and O–H groups in total. The Bertz CT molecular complexity index is 942. The summed E-state index contributed by atoms with van der Waals surface area (Å²) in [5, 5.41) is 13.3. The number of nitrogens with one attached hydrogen (secondary N) is 2. The number of benzene rings is 2. The summed E-state index contributed by atoms with van der Waals surface area (Å²) in [6, 6.07) is 17.3. The average molecular weight is 467 g/mol. The molecule has 0 unspecified atom stereocenters. The fourth-order valence-corrected chi connectivity index (χ4v) is 4.26. The molecule has 2 aliphatic rings. The normalized spacial score (nSPS) is 14.1. The van der Waals surface area contributed by atoms with Crippen LogP contribution in [0.5, 0.6) is 0 Å². The molecule has 2 aromatic rings. The maximum atomic E-state index is 11.8. The number of carbonyl (C=O) groups excluding carboxylic acids is 1. The smallest absolute Gasteiger partial charge is 0.407 e. The quantitative estimate of drug-likeness (QED) is 0.362. The Kier molecular flexibility index (Phi) is 8.99. The van der Waals surface area contributed by atoms with Gasteiger partial charge in [0.1, 0.15) is 12.2 Å². The van der Waals surface area contributed by atoms with Crippen LogP contribution in [0.3, 0.4) is 0 Å². The van der Waals surface area contributed by atoms with Crippen LogP contribution >= 0.6 is 0 Å². The minimum Gasteiger partial charge on any atom is -0.478 e. The van der Waals surface area contributed by atoms with Crippen molar-refractivity contribution in [1.29, 1.82) is 0 Å². The second kappa shape index (κ2) is 11.9. The molecule has 184 valence electrons. The van der Waals surface area contributed by atoms with E-state index < -0.39 is 5.60 Å². The number of aliphatic hydroxyl groups is 1. The van der Waals surface area contributed by atoms with Crippen molar-refractivity contribution in [3.8, 4) is 11.1 Å². The predicted molar refractivity (Wildman–Crippen MR) is 136 cm³/mol. The molecule has 6 heteroatoms. The third-order valence-corrected chi connectivity index (χ3v) is 5.94. The SMILES string of the molecule is CC(C)(C)OC(=O)NCCCNC(OCC1c2ccccc2-c2ccccc21)=C1CCC1.CO. The van der Waals surface area contributed by atoms with Gasteiger partial charge in [-0.1, -0.05) is 48.5 Å². The van der Waals surface area contributed by atoms with Crippen LogP contribution in [-0.2, 0) is 9.47 Å². The summed E-state index contributed by atoms with van der Waals surface area (Å²) in [7, 11) is 1.00. The van der Waals surface area contributed by atoms with Gasteiger partial charge in [-0.05, 0) is 74.3 Å². The number of allylic oxidation sites excluding steroid dienone is 1. The predicted octanol–water partition coefficient (Wildman–Crippen LogP) is 5.32. The van der Waals surface area contributed by atoms with Gasteiger partial charge in [0.05, 0.1) is 0 Å². The third-order valence-electron chi connectivity index (χ3n) is 5.94. The average Bonchev–Trinajstić information content (AvgIpc) is 3.10. The van der Waals surface area contributed by atoms with Gasteiger partial charge in [-0.2, -0.15) is 0 Å². The molecular formula is C28H38N2O4. The van der Waals surface area contributed by atoms with Gasteiger partial charge >= 0.3 is 6.09 Å². The van der Waals surface area contributed by atoms with Gasteiger partial charge in [-0.15, -0.1) is 0 Å². The van der Waals surface area contributed by atoms with E-state index in [0.717, 1.165) is 38.8 Å². The molecule has 0 radical (unpaired) electrons. The molecule has 1 amide bonds. The Morgan fingerprint density at radius 3 is 2.03 bits per heavy atom. The Hall–Kier alpha value is -2.99. The highest BCUT2D eigenvalue weighted by Gasteiger charge is 2.29. The van der Waals surface area contributed by atoms with Gasteiger partial charge in [0.15, 0.2) is 5.88 Å². The van der Waals surface area contributed by atoms with Gasteiger partial charge < -0.3 is 25.2 Å². The van der Waals surface area contributed by atoms with E-state index >= 15 is 0 Å². The highest BCUT2D eigenvalue weighted by Crippen LogP contribution is 2.44. The first-order valence-corrected chi connectivity index (χ1v) is 12.1. The molecule has 0 saturated heterocycles. The van der Waals surface area contributed by atoms with E-state index in [1.54, 1.807) is 0 Å². The molecular weight excluding hydrogens is 428 g/mol. The van der Waals surface area contributed by atoms with E-state index in [0.29, 0.717) is 13.2 Å². The first kappa shape index (κ1) is 25.6. The fraction of sp³-hybridized carbons (Fsp3) is 0.464. The van der Waals surface area contributed by atoms with Gasteiger partial charge in [0.2, 0.25) is 0 Å². The lowest BCUT2D eigenvalue weighted by molar-refractivity contribution is 0.0527. The number of rotatable bonds is 8. The number of hydrogen-bond donors (Lipinski definition) is 3. The summed E-state index contributed by atoms with van der Waals surface area (Å²) in [4.78, 5) is 11.8.